The monoisotopic (exact) mass is 478 g/mol. The highest BCUT2D eigenvalue weighted by atomic mass is 32.2. The molecule has 32 heavy (non-hydrogen) atoms. The number of thiophene rings is 1. The Morgan fingerprint density at radius 2 is 2.00 bits per heavy atom. The quantitative estimate of drug-likeness (QED) is 0.559. The Labute approximate surface area is 189 Å². The van der Waals surface area contributed by atoms with Crippen LogP contribution in [0.15, 0.2) is 44.4 Å². The van der Waals surface area contributed by atoms with Crippen molar-refractivity contribution < 1.29 is 22.1 Å². The van der Waals surface area contributed by atoms with E-state index >= 15 is 0 Å². The summed E-state index contributed by atoms with van der Waals surface area (Å²) in [7, 11) is -3.66. The zero-order valence-electron chi connectivity index (χ0n) is 17.5. The van der Waals surface area contributed by atoms with Crippen LogP contribution in [-0.2, 0) is 27.8 Å². The number of nitrogens with zero attached hydrogens (tertiary/aromatic N) is 3. The summed E-state index contributed by atoms with van der Waals surface area (Å²) in [5.74, 6) is 0.169. The van der Waals surface area contributed by atoms with Gasteiger partial charge in [0.05, 0.1) is 0 Å². The van der Waals surface area contributed by atoms with E-state index in [0.29, 0.717) is 43.1 Å². The van der Waals surface area contributed by atoms with Crippen molar-refractivity contribution >= 4 is 27.3 Å². The molecule has 1 N–H and O–H groups in total. The number of hydrogen-bond acceptors (Lipinski definition) is 7. The highest BCUT2D eigenvalue weighted by Crippen LogP contribution is 2.31. The fourth-order valence-electron chi connectivity index (χ4n) is 3.51. The number of aromatic nitrogens is 2. The molecule has 1 aromatic carbocycles. The Bertz CT molecular complexity index is 1180. The molecule has 0 spiro atoms. The van der Waals surface area contributed by atoms with Crippen molar-refractivity contribution in [3.63, 3.8) is 0 Å². The fourth-order valence-corrected chi connectivity index (χ4v) is 6.29. The maximum absolute atomic E-state index is 13.0. The number of nitrogens with one attached hydrogen (secondary N) is 1. The first kappa shape index (κ1) is 22.6. The lowest BCUT2D eigenvalue weighted by atomic mass is 9.97. The van der Waals surface area contributed by atoms with Crippen molar-refractivity contribution in [1.82, 2.24) is 19.8 Å². The predicted molar refractivity (Wildman–Crippen MR) is 117 cm³/mol. The third kappa shape index (κ3) is 4.89. The van der Waals surface area contributed by atoms with E-state index in [1.54, 1.807) is 23.6 Å². The topological polar surface area (TPSA) is 105 Å². The van der Waals surface area contributed by atoms with Crippen molar-refractivity contribution in [3.05, 3.63) is 53.0 Å². The van der Waals surface area contributed by atoms with E-state index < -0.39 is 10.0 Å². The van der Waals surface area contributed by atoms with Crippen LogP contribution in [0.3, 0.4) is 0 Å². The number of halogens is 1. The maximum Gasteiger partial charge on any atom is 0.252 e. The first-order valence-electron chi connectivity index (χ1n) is 10.3. The molecule has 1 aliphatic rings. The minimum Gasteiger partial charge on any atom is -0.352 e. The lowest BCUT2D eigenvalue weighted by molar-refractivity contribution is -0.126. The van der Waals surface area contributed by atoms with E-state index in [0.717, 1.165) is 16.9 Å². The molecule has 4 rings (SSSR count). The summed E-state index contributed by atoms with van der Waals surface area (Å²) in [4.78, 5) is 16.7. The van der Waals surface area contributed by atoms with Crippen LogP contribution in [0.1, 0.15) is 31.2 Å². The van der Waals surface area contributed by atoms with Gasteiger partial charge < -0.3 is 9.84 Å². The van der Waals surface area contributed by atoms with Crippen LogP contribution >= 0.6 is 11.3 Å². The van der Waals surface area contributed by atoms with E-state index in [1.807, 2.05) is 6.92 Å². The molecule has 8 nitrogen and oxygen atoms in total. The van der Waals surface area contributed by atoms with Gasteiger partial charge in [0.15, 0.2) is 0 Å². The van der Waals surface area contributed by atoms with Gasteiger partial charge in [0, 0.05) is 42.9 Å². The molecule has 0 bridgehead atoms. The number of sulfonamides is 1. The summed E-state index contributed by atoms with van der Waals surface area (Å²) in [6, 6.07) is 7.51. The second-order valence-electron chi connectivity index (χ2n) is 7.54. The van der Waals surface area contributed by atoms with Crippen molar-refractivity contribution in [2.75, 3.05) is 13.1 Å². The van der Waals surface area contributed by atoms with Crippen LogP contribution in [0.25, 0.3) is 11.4 Å². The lowest BCUT2D eigenvalue weighted by Gasteiger charge is -2.30. The first-order chi connectivity index (χ1) is 15.4. The average Bonchev–Trinajstić information content (AvgIpc) is 3.48. The molecule has 0 unspecified atom stereocenters. The van der Waals surface area contributed by atoms with Gasteiger partial charge in [0.2, 0.25) is 17.6 Å². The Morgan fingerprint density at radius 1 is 1.28 bits per heavy atom. The summed E-state index contributed by atoms with van der Waals surface area (Å²) in [6.45, 7) is 2.75. The first-order valence-corrected chi connectivity index (χ1v) is 12.6. The maximum atomic E-state index is 13.0. The van der Waals surface area contributed by atoms with Gasteiger partial charge in [-0.05, 0) is 36.6 Å². The second-order valence-corrected chi connectivity index (χ2v) is 10.6. The number of amides is 1. The van der Waals surface area contributed by atoms with Gasteiger partial charge in [-0.15, -0.1) is 11.3 Å². The molecule has 0 atom stereocenters. The smallest absolute Gasteiger partial charge is 0.252 e. The number of hydrogen-bond donors (Lipinski definition) is 1. The molecule has 1 saturated heterocycles. The Kier molecular flexibility index (Phi) is 6.68. The van der Waals surface area contributed by atoms with E-state index in [-0.39, 0.29) is 34.9 Å². The minimum absolute atomic E-state index is 0.117. The summed E-state index contributed by atoms with van der Waals surface area (Å²) in [5, 5.41) is 8.44. The average molecular weight is 479 g/mol. The van der Waals surface area contributed by atoms with Gasteiger partial charge in [0.25, 0.3) is 10.0 Å². The number of aryl methyl sites for hydroxylation is 1. The molecule has 0 saturated carbocycles. The summed E-state index contributed by atoms with van der Waals surface area (Å²) < 4.78 is 45.8. The molecule has 170 valence electrons. The fraction of sp³-hybridized carbons (Fsp3) is 0.381. The molecule has 3 heterocycles. The molecule has 11 heteroatoms. The number of rotatable bonds is 7. The van der Waals surface area contributed by atoms with Gasteiger partial charge in [-0.1, -0.05) is 24.2 Å². The SMILES string of the molecule is CCc1nc(-c2csc(S(=O)(=O)N3CCC(C(=O)NCc4ccc(F)cc4)CC3)c2)no1. The van der Waals surface area contributed by atoms with Gasteiger partial charge in [0.1, 0.15) is 10.0 Å². The standard InChI is InChI=1S/C21H23FN4O4S2/c1-2-18-24-20(25-30-18)16-11-19(31-13-16)32(28,29)26-9-7-15(8-10-26)21(27)23-12-14-3-5-17(22)6-4-14/h3-6,11,13,15H,2,7-10,12H2,1H3,(H,23,27). The van der Waals surface area contributed by atoms with Gasteiger partial charge in [-0.2, -0.15) is 9.29 Å². The van der Waals surface area contributed by atoms with E-state index in [2.05, 4.69) is 15.5 Å². The highest BCUT2D eigenvalue weighted by molar-refractivity contribution is 7.91. The van der Waals surface area contributed by atoms with Crippen LogP contribution < -0.4 is 5.32 Å². The number of carbonyl (C=O) groups excluding carboxylic acids is 1. The van der Waals surface area contributed by atoms with Gasteiger partial charge in [-0.3, -0.25) is 4.79 Å². The second kappa shape index (κ2) is 9.47. The minimum atomic E-state index is -3.66. The number of carbonyl (C=O) groups is 1. The van der Waals surface area contributed by atoms with Crippen molar-refractivity contribution in [2.45, 2.75) is 36.9 Å². The van der Waals surface area contributed by atoms with E-state index in [9.17, 15) is 17.6 Å². The van der Waals surface area contributed by atoms with Crippen molar-refractivity contribution in [1.29, 1.82) is 0 Å². The molecule has 1 fully saturated rings. The van der Waals surface area contributed by atoms with Gasteiger partial charge >= 0.3 is 0 Å². The predicted octanol–water partition coefficient (Wildman–Crippen LogP) is 3.22. The molecule has 3 aromatic rings. The van der Waals surface area contributed by atoms with E-state index in [1.165, 1.54) is 16.4 Å². The molecule has 2 aromatic heterocycles. The van der Waals surface area contributed by atoms with Crippen molar-refractivity contribution in [3.8, 4) is 11.4 Å². The molecule has 0 aliphatic carbocycles. The van der Waals surface area contributed by atoms with Crippen LogP contribution in [0, 0.1) is 11.7 Å². The molecule has 1 aliphatic heterocycles. The Hall–Kier alpha value is -2.63. The zero-order valence-corrected chi connectivity index (χ0v) is 19.1. The van der Waals surface area contributed by atoms with Crippen LogP contribution in [-0.4, -0.2) is 41.9 Å². The molecule has 0 radical (unpaired) electrons. The third-order valence-corrected chi connectivity index (χ3v) is 8.72. The van der Waals surface area contributed by atoms with Crippen molar-refractivity contribution in [2.24, 2.45) is 5.92 Å². The van der Waals surface area contributed by atoms with E-state index in [4.69, 9.17) is 4.52 Å². The molecule has 1 amide bonds. The Morgan fingerprint density at radius 3 is 2.66 bits per heavy atom. The highest BCUT2D eigenvalue weighted by Gasteiger charge is 2.33. The summed E-state index contributed by atoms with van der Waals surface area (Å²) >= 11 is 1.12. The van der Waals surface area contributed by atoms with Gasteiger partial charge in [-0.25, -0.2) is 12.8 Å². The van der Waals surface area contributed by atoms with Crippen LogP contribution in [0.4, 0.5) is 4.39 Å². The number of benzene rings is 1. The Balaban J connectivity index is 1.34. The third-order valence-electron chi connectivity index (χ3n) is 5.40. The lowest BCUT2D eigenvalue weighted by Crippen LogP contribution is -2.42. The molecular formula is C21H23FN4O4S2. The molecular weight excluding hydrogens is 455 g/mol. The summed E-state index contributed by atoms with van der Waals surface area (Å²) in [5.41, 5.74) is 1.41. The normalized spacial score (nSPS) is 15.7. The largest absolute Gasteiger partial charge is 0.352 e. The number of piperidine rings is 1. The summed E-state index contributed by atoms with van der Waals surface area (Å²) in [6.07, 6.45) is 1.49. The van der Waals surface area contributed by atoms with Crippen LogP contribution in [0.5, 0.6) is 0 Å². The van der Waals surface area contributed by atoms with Crippen LogP contribution in [0.2, 0.25) is 0 Å². The zero-order chi connectivity index (χ0) is 22.7.